The molecule has 20 heavy (non-hydrogen) atoms. The van der Waals surface area contributed by atoms with Crippen molar-refractivity contribution in [2.75, 3.05) is 12.5 Å². The second-order valence-corrected chi connectivity index (χ2v) is 4.68. The van der Waals surface area contributed by atoms with Crippen LogP contribution in [-0.4, -0.2) is 24.3 Å². The van der Waals surface area contributed by atoms with E-state index in [1.165, 1.54) is 36.8 Å². The zero-order chi connectivity index (χ0) is 14.4. The van der Waals surface area contributed by atoms with Crippen molar-refractivity contribution in [2.24, 2.45) is 5.10 Å². The van der Waals surface area contributed by atoms with Gasteiger partial charge in [-0.05, 0) is 17.7 Å². The predicted molar refractivity (Wildman–Crippen MR) is 75.5 cm³/mol. The summed E-state index contributed by atoms with van der Waals surface area (Å²) in [6.07, 6.45) is 1.62. The Morgan fingerprint density at radius 2 is 2.45 bits per heavy atom. The smallest absolute Gasteiger partial charge is 0.311 e. The Hall–Kier alpha value is -2.28. The van der Waals surface area contributed by atoms with E-state index in [1.807, 2.05) is 0 Å². The van der Waals surface area contributed by atoms with Crippen molar-refractivity contribution in [1.29, 1.82) is 0 Å². The van der Waals surface area contributed by atoms with Crippen molar-refractivity contribution in [1.82, 2.24) is 4.98 Å². The van der Waals surface area contributed by atoms with E-state index in [1.54, 1.807) is 17.5 Å². The minimum absolute atomic E-state index is 0.127. The number of methoxy groups -OCH3 is 1. The SMILES string of the molecule is COC(=O)Cc1csc(N/N=C\c2cccc(F)c2)n1. The lowest BCUT2D eigenvalue weighted by molar-refractivity contribution is -0.139. The van der Waals surface area contributed by atoms with E-state index in [0.29, 0.717) is 16.4 Å². The van der Waals surface area contributed by atoms with Gasteiger partial charge in [0.1, 0.15) is 5.82 Å². The Kier molecular flexibility index (Phi) is 4.78. The molecule has 5 nitrogen and oxygen atoms in total. The summed E-state index contributed by atoms with van der Waals surface area (Å²) < 4.78 is 17.5. The number of carbonyl (C=O) groups is 1. The van der Waals surface area contributed by atoms with E-state index in [9.17, 15) is 9.18 Å². The van der Waals surface area contributed by atoms with Crippen LogP contribution < -0.4 is 5.43 Å². The van der Waals surface area contributed by atoms with Gasteiger partial charge < -0.3 is 4.74 Å². The first kappa shape index (κ1) is 14.1. The molecule has 0 aliphatic carbocycles. The van der Waals surface area contributed by atoms with Crippen LogP contribution >= 0.6 is 11.3 Å². The van der Waals surface area contributed by atoms with Gasteiger partial charge in [-0.15, -0.1) is 11.3 Å². The number of hydrogen-bond acceptors (Lipinski definition) is 6. The summed E-state index contributed by atoms with van der Waals surface area (Å²) in [5, 5.41) is 6.26. The Bertz CT molecular complexity index is 628. The molecule has 0 aliphatic rings. The maximum absolute atomic E-state index is 12.9. The monoisotopic (exact) mass is 293 g/mol. The van der Waals surface area contributed by atoms with Gasteiger partial charge in [0.05, 0.1) is 25.4 Å². The fourth-order valence-electron chi connectivity index (χ4n) is 1.41. The van der Waals surface area contributed by atoms with Crippen LogP contribution in [0.4, 0.5) is 9.52 Å². The highest BCUT2D eigenvalue weighted by atomic mass is 32.1. The number of aromatic nitrogens is 1. The first-order chi connectivity index (χ1) is 9.67. The summed E-state index contributed by atoms with van der Waals surface area (Å²) in [6.45, 7) is 0. The van der Waals surface area contributed by atoms with Crippen molar-refractivity contribution in [3.05, 3.63) is 46.7 Å². The highest BCUT2D eigenvalue weighted by Crippen LogP contribution is 2.15. The molecule has 1 heterocycles. The lowest BCUT2D eigenvalue weighted by atomic mass is 10.2. The maximum Gasteiger partial charge on any atom is 0.311 e. The van der Waals surface area contributed by atoms with Crippen LogP contribution in [0.2, 0.25) is 0 Å². The molecule has 2 rings (SSSR count). The Balaban J connectivity index is 1.92. The first-order valence-corrected chi connectivity index (χ1v) is 6.61. The van der Waals surface area contributed by atoms with E-state index in [0.717, 1.165) is 0 Å². The van der Waals surface area contributed by atoms with Crippen LogP contribution in [0.5, 0.6) is 0 Å². The molecule has 1 aromatic heterocycles. The topological polar surface area (TPSA) is 63.6 Å². The van der Waals surface area contributed by atoms with E-state index >= 15 is 0 Å². The standard InChI is InChI=1S/C13H12FN3O2S/c1-19-12(18)6-11-8-20-13(16-11)17-15-7-9-3-2-4-10(14)5-9/h2-5,7-8H,6H2,1H3,(H,16,17)/b15-7-. The molecule has 0 fully saturated rings. The van der Waals surface area contributed by atoms with Gasteiger partial charge in [0, 0.05) is 5.38 Å². The third-order valence-corrected chi connectivity index (χ3v) is 3.12. The molecule has 0 aliphatic heterocycles. The van der Waals surface area contributed by atoms with Crippen LogP contribution in [0.1, 0.15) is 11.3 Å². The van der Waals surface area contributed by atoms with Crippen molar-refractivity contribution < 1.29 is 13.9 Å². The number of ether oxygens (including phenoxy) is 1. The van der Waals surface area contributed by atoms with Crippen molar-refractivity contribution in [2.45, 2.75) is 6.42 Å². The lowest BCUT2D eigenvalue weighted by Gasteiger charge is -1.95. The average molecular weight is 293 g/mol. The molecule has 0 bridgehead atoms. The number of anilines is 1. The molecule has 1 N–H and O–H groups in total. The number of nitrogens with zero attached hydrogens (tertiary/aromatic N) is 2. The molecular weight excluding hydrogens is 281 g/mol. The number of nitrogens with one attached hydrogen (secondary N) is 1. The predicted octanol–water partition coefficient (Wildman–Crippen LogP) is 2.44. The van der Waals surface area contributed by atoms with Gasteiger partial charge in [-0.1, -0.05) is 12.1 Å². The third-order valence-electron chi connectivity index (χ3n) is 2.33. The molecule has 0 saturated heterocycles. The van der Waals surface area contributed by atoms with Crippen LogP contribution in [0.25, 0.3) is 0 Å². The van der Waals surface area contributed by atoms with E-state index in [4.69, 9.17) is 0 Å². The summed E-state index contributed by atoms with van der Waals surface area (Å²) in [4.78, 5) is 15.2. The second kappa shape index (κ2) is 6.76. The number of rotatable bonds is 5. The number of benzene rings is 1. The Morgan fingerprint density at radius 3 is 3.20 bits per heavy atom. The van der Waals surface area contributed by atoms with Crippen molar-refractivity contribution in [3.8, 4) is 0 Å². The molecule has 0 saturated carbocycles. The van der Waals surface area contributed by atoms with Gasteiger partial charge in [-0.3, -0.25) is 10.2 Å². The Morgan fingerprint density at radius 1 is 1.60 bits per heavy atom. The lowest BCUT2D eigenvalue weighted by Crippen LogP contribution is -2.04. The van der Waals surface area contributed by atoms with Gasteiger partial charge in [0.2, 0.25) is 5.13 Å². The molecular formula is C13H12FN3O2S. The number of carbonyl (C=O) groups excluding carboxylic acids is 1. The van der Waals surface area contributed by atoms with Gasteiger partial charge in [-0.2, -0.15) is 5.10 Å². The molecule has 1 aromatic carbocycles. The molecule has 0 unspecified atom stereocenters. The molecule has 2 aromatic rings. The van der Waals surface area contributed by atoms with Crippen LogP contribution in [0.15, 0.2) is 34.7 Å². The van der Waals surface area contributed by atoms with E-state index in [2.05, 4.69) is 20.2 Å². The second-order valence-electron chi connectivity index (χ2n) is 3.82. The summed E-state index contributed by atoms with van der Waals surface area (Å²) in [5.74, 6) is -0.659. The highest BCUT2D eigenvalue weighted by Gasteiger charge is 2.06. The van der Waals surface area contributed by atoms with Crippen molar-refractivity contribution in [3.63, 3.8) is 0 Å². The summed E-state index contributed by atoms with van der Waals surface area (Å²) >= 11 is 1.32. The van der Waals surface area contributed by atoms with Crippen LogP contribution in [0, 0.1) is 5.82 Å². The number of thiazole rings is 1. The molecule has 0 radical (unpaired) electrons. The minimum Gasteiger partial charge on any atom is -0.469 e. The fourth-order valence-corrected chi connectivity index (χ4v) is 2.07. The summed E-state index contributed by atoms with van der Waals surface area (Å²) in [6, 6.07) is 6.08. The quantitative estimate of drug-likeness (QED) is 0.522. The molecule has 7 heteroatoms. The fraction of sp³-hybridized carbons (Fsp3) is 0.154. The van der Waals surface area contributed by atoms with Gasteiger partial charge >= 0.3 is 5.97 Å². The molecule has 0 amide bonds. The molecule has 0 spiro atoms. The van der Waals surface area contributed by atoms with Crippen LogP contribution in [-0.2, 0) is 16.0 Å². The zero-order valence-electron chi connectivity index (χ0n) is 10.7. The van der Waals surface area contributed by atoms with Gasteiger partial charge in [0.25, 0.3) is 0 Å². The number of hydrogen-bond donors (Lipinski definition) is 1. The van der Waals surface area contributed by atoms with Gasteiger partial charge in [-0.25, -0.2) is 9.37 Å². The number of halogens is 1. The largest absolute Gasteiger partial charge is 0.469 e. The zero-order valence-corrected chi connectivity index (χ0v) is 11.5. The number of esters is 1. The summed E-state index contributed by atoms with van der Waals surface area (Å²) in [7, 11) is 1.33. The van der Waals surface area contributed by atoms with E-state index in [-0.39, 0.29) is 18.2 Å². The highest BCUT2D eigenvalue weighted by molar-refractivity contribution is 7.13. The number of hydrazone groups is 1. The normalized spacial score (nSPS) is 10.7. The minimum atomic E-state index is -0.342. The first-order valence-electron chi connectivity index (χ1n) is 5.73. The maximum atomic E-state index is 12.9. The van der Waals surface area contributed by atoms with Crippen LogP contribution in [0.3, 0.4) is 0 Å². The molecule has 104 valence electrons. The summed E-state index contributed by atoms with van der Waals surface area (Å²) in [5.41, 5.74) is 3.99. The van der Waals surface area contributed by atoms with E-state index < -0.39 is 0 Å². The molecule has 0 atom stereocenters. The Labute approximate surface area is 119 Å². The average Bonchev–Trinajstić information content (AvgIpc) is 2.86. The van der Waals surface area contributed by atoms with Gasteiger partial charge in [0.15, 0.2) is 0 Å². The van der Waals surface area contributed by atoms with Crippen molar-refractivity contribution >= 4 is 28.7 Å². The third kappa shape index (κ3) is 4.13.